The lowest BCUT2D eigenvalue weighted by molar-refractivity contribution is 0.340. The Labute approximate surface area is 139 Å². The van der Waals surface area contributed by atoms with Crippen LogP contribution < -0.4 is 19.6 Å². The summed E-state index contributed by atoms with van der Waals surface area (Å²) in [6, 6.07) is 8.52. The fourth-order valence-electron chi connectivity index (χ4n) is 1.91. The van der Waals surface area contributed by atoms with Gasteiger partial charge in [-0.15, -0.1) is 0 Å². The summed E-state index contributed by atoms with van der Waals surface area (Å²) < 4.78 is 15.3. The van der Waals surface area contributed by atoms with Crippen molar-refractivity contribution >= 4 is 23.5 Å². The van der Waals surface area contributed by atoms with Crippen LogP contribution in [0.1, 0.15) is 5.56 Å². The minimum absolute atomic E-state index is 0.0537. The molecule has 0 aliphatic heterocycles. The number of hydrazone groups is 1. The molecule has 0 amide bonds. The van der Waals surface area contributed by atoms with Crippen LogP contribution in [0.15, 0.2) is 35.4 Å². The first kappa shape index (κ1) is 16.8. The Hall–Kier alpha value is -2.60. The third-order valence-electron chi connectivity index (χ3n) is 3.06. The van der Waals surface area contributed by atoms with Crippen LogP contribution in [0.25, 0.3) is 0 Å². The summed E-state index contributed by atoms with van der Waals surface area (Å²) in [6.45, 7) is 0. The van der Waals surface area contributed by atoms with Gasteiger partial charge in [-0.25, -0.2) is 0 Å². The van der Waals surface area contributed by atoms with E-state index in [-0.39, 0.29) is 5.75 Å². The molecule has 23 heavy (non-hydrogen) atoms. The van der Waals surface area contributed by atoms with Crippen LogP contribution in [0.3, 0.4) is 0 Å². The number of hydrogen-bond donors (Lipinski definition) is 2. The van der Waals surface area contributed by atoms with Crippen LogP contribution in [0.5, 0.6) is 23.0 Å². The van der Waals surface area contributed by atoms with Gasteiger partial charge in [0.1, 0.15) is 5.75 Å². The molecule has 0 aromatic heterocycles. The quantitative estimate of drug-likeness (QED) is 0.624. The van der Waals surface area contributed by atoms with Gasteiger partial charge in [-0.05, 0) is 30.3 Å². The second-order valence-electron chi connectivity index (χ2n) is 4.49. The molecule has 0 spiro atoms. The highest BCUT2D eigenvalue weighted by Crippen LogP contribution is 2.36. The zero-order chi connectivity index (χ0) is 16.8. The van der Waals surface area contributed by atoms with Crippen molar-refractivity contribution in [1.82, 2.24) is 0 Å². The number of phenolic OH excluding ortho intramolecular Hbond substituents is 1. The van der Waals surface area contributed by atoms with Gasteiger partial charge in [-0.2, -0.15) is 5.10 Å². The molecule has 0 radical (unpaired) electrons. The lowest BCUT2D eigenvalue weighted by atomic mass is 10.2. The van der Waals surface area contributed by atoms with Gasteiger partial charge in [0, 0.05) is 5.56 Å². The van der Waals surface area contributed by atoms with E-state index in [2.05, 4.69) is 10.5 Å². The van der Waals surface area contributed by atoms with Crippen molar-refractivity contribution in [3.05, 3.63) is 40.9 Å². The lowest BCUT2D eigenvalue weighted by Gasteiger charge is -2.09. The van der Waals surface area contributed by atoms with E-state index in [9.17, 15) is 5.11 Å². The number of phenols is 1. The molecule has 0 aliphatic rings. The standard InChI is InChI=1S/C16H17ClN2O4/c1-21-13-5-4-11(8-12(13)17)19-18-9-10-6-14(22-2)16(20)15(7-10)23-3/h4-9,19-20H,1-3H3/b18-9+. The van der Waals surface area contributed by atoms with Crippen LogP contribution in [0, 0.1) is 0 Å². The molecule has 0 atom stereocenters. The Morgan fingerprint density at radius 1 is 1.00 bits per heavy atom. The number of ether oxygens (including phenoxy) is 3. The molecule has 2 aromatic rings. The van der Waals surface area contributed by atoms with Crippen LogP contribution in [0.4, 0.5) is 5.69 Å². The normalized spacial score (nSPS) is 10.6. The second kappa shape index (κ2) is 7.60. The number of nitrogens with zero attached hydrogens (tertiary/aromatic N) is 1. The predicted molar refractivity (Wildman–Crippen MR) is 90.4 cm³/mol. The first-order chi connectivity index (χ1) is 11.1. The van der Waals surface area contributed by atoms with E-state index in [1.807, 2.05) is 0 Å². The molecule has 0 fully saturated rings. The van der Waals surface area contributed by atoms with E-state index < -0.39 is 0 Å². The van der Waals surface area contributed by atoms with Gasteiger partial charge in [0.2, 0.25) is 5.75 Å². The van der Waals surface area contributed by atoms with Gasteiger partial charge in [0.25, 0.3) is 0 Å². The highest BCUT2D eigenvalue weighted by Gasteiger charge is 2.10. The van der Waals surface area contributed by atoms with Gasteiger partial charge in [-0.3, -0.25) is 5.43 Å². The molecule has 0 saturated carbocycles. The third kappa shape index (κ3) is 3.98. The summed E-state index contributed by atoms with van der Waals surface area (Å²) in [7, 11) is 4.48. The Balaban J connectivity index is 2.15. The molecule has 0 bridgehead atoms. The van der Waals surface area contributed by atoms with Gasteiger partial charge in [0.15, 0.2) is 11.5 Å². The Morgan fingerprint density at radius 2 is 1.61 bits per heavy atom. The topological polar surface area (TPSA) is 72.3 Å². The Morgan fingerprint density at radius 3 is 2.13 bits per heavy atom. The van der Waals surface area contributed by atoms with Crippen molar-refractivity contribution in [3.8, 4) is 23.0 Å². The van der Waals surface area contributed by atoms with E-state index >= 15 is 0 Å². The summed E-state index contributed by atoms with van der Waals surface area (Å²) in [5.41, 5.74) is 4.27. The van der Waals surface area contributed by atoms with E-state index in [4.69, 9.17) is 25.8 Å². The summed E-state index contributed by atoms with van der Waals surface area (Å²) >= 11 is 6.04. The molecular weight excluding hydrogens is 320 g/mol. The van der Waals surface area contributed by atoms with Crippen LogP contribution in [-0.4, -0.2) is 32.7 Å². The molecule has 0 unspecified atom stereocenters. The van der Waals surface area contributed by atoms with E-state index in [1.165, 1.54) is 14.2 Å². The minimum atomic E-state index is -0.0537. The molecule has 6 nitrogen and oxygen atoms in total. The third-order valence-corrected chi connectivity index (χ3v) is 3.36. The zero-order valence-corrected chi connectivity index (χ0v) is 13.7. The van der Waals surface area contributed by atoms with Crippen molar-refractivity contribution in [2.45, 2.75) is 0 Å². The van der Waals surface area contributed by atoms with Gasteiger partial charge in [-0.1, -0.05) is 11.6 Å². The van der Waals surface area contributed by atoms with E-state index in [1.54, 1.807) is 43.7 Å². The Kier molecular flexibility index (Phi) is 5.54. The SMILES string of the molecule is COc1ccc(N/N=C/c2cc(OC)c(O)c(OC)c2)cc1Cl. The molecule has 0 saturated heterocycles. The molecule has 0 aliphatic carbocycles. The molecule has 2 rings (SSSR count). The summed E-state index contributed by atoms with van der Waals surface area (Å²) in [5, 5.41) is 14.5. The molecular formula is C16H17ClN2O4. The second-order valence-corrected chi connectivity index (χ2v) is 4.90. The fraction of sp³-hybridized carbons (Fsp3) is 0.188. The molecule has 0 heterocycles. The van der Waals surface area contributed by atoms with Gasteiger partial charge >= 0.3 is 0 Å². The number of halogens is 1. The molecule has 2 N–H and O–H groups in total. The monoisotopic (exact) mass is 336 g/mol. The smallest absolute Gasteiger partial charge is 0.200 e. The maximum absolute atomic E-state index is 9.86. The molecule has 2 aromatic carbocycles. The summed E-state index contributed by atoms with van der Waals surface area (Å²) in [5.74, 6) is 1.15. The molecule has 122 valence electrons. The van der Waals surface area contributed by atoms with Gasteiger partial charge in [0.05, 0.1) is 38.3 Å². The van der Waals surface area contributed by atoms with E-state index in [0.29, 0.717) is 33.5 Å². The van der Waals surface area contributed by atoms with Gasteiger partial charge < -0.3 is 19.3 Å². The van der Waals surface area contributed by atoms with Crippen molar-refractivity contribution in [3.63, 3.8) is 0 Å². The van der Waals surface area contributed by atoms with Crippen LogP contribution in [0.2, 0.25) is 5.02 Å². The van der Waals surface area contributed by atoms with Crippen molar-refractivity contribution in [2.24, 2.45) is 5.10 Å². The first-order valence-corrected chi connectivity index (χ1v) is 7.04. The number of anilines is 1. The van der Waals surface area contributed by atoms with Crippen LogP contribution >= 0.6 is 11.6 Å². The number of aromatic hydroxyl groups is 1. The van der Waals surface area contributed by atoms with Crippen LogP contribution in [-0.2, 0) is 0 Å². The van der Waals surface area contributed by atoms with E-state index in [0.717, 1.165) is 0 Å². The maximum atomic E-state index is 9.86. The molecule has 7 heteroatoms. The Bertz CT molecular complexity index is 694. The first-order valence-electron chi connectivity index (χ1n) is 6.66. The van der Waals surface area contributed by atoms with Crippen molar-refractivity contribution in [2.75, 3.05) is 26.8 Å². The average molecular weight is 337 g/mol. The largest absolute Gasteiger partial charge is 0.502 e. The number of methoxy groups -OCH3 is 3. The number of hydrogen-bond acceptors (Lipinski definition) is 6. The highest BCUT2D eigenvalue weighted by molar-refractivity contribution is 6.32. The summed E-state index contributed by atoms with van der Waals surface area (Å²) in [4.78, 5) is 0. The zero-order valence-electron chi connectivity index (χ0n) is 13.0. The van der Waals surface area contributed by atoms with Crippen molar-refractivity contribution < 1.29 is 19.3 Å². The predicted octanol–water partition coefficient (Wildman–Crippen LogP) is 3.52. The highest BCUT2D eigenvalue weighted by atomic mass is 35.5. The summed E-state index contributed by atoms with van der Waals surface area (Å²) in [6.07, 6.45) is 1.57. The number of benzene rings is 2. The maximum Gasteiger partial charge on any atom is 0.200 e. The van der Waals surface area contributed by atoms with Crippen molar-refractivity contribution in [1.29, 1.82) is 0 Å². The fourth-order valence-corrected chi connectivity index (χ4v) is 2.16. The lowest BCUT2D eigenvalue weighted by Crippen LogP contribution is -1.94. The average Bonchev–Trinajstić information content (AvgIpc) is 2.56. The number of rotatable bonds is 6. The minimum Gasteiger partial charge on any atom is -0.502 e. The number of nitrogens with one attached hydrogen (secondary N) is 1.